The molecule has 2 aliphatic heterocycles. The molecule has 0 fully saturated rings. The van der Waals surface area contributed by atoms with E-state index >= 15 is 0 Å². The SMILES string of the molecule is c1cc2c(cc1CCCSCCOCCSCCCc1ccc3c(c1)OCO3)OCO2. The van der Waals surface area contributed by atoms with Gasteiger partial charge in [-0.15, -0.1) is 0 Å². The quantitative estimate of drug-likeness (QED) is 0.358. The zero-order chi connectivity index (χ0) is 21.1. The molecule has 0 N–H and O–H groups in total. The number of hydrogen-bond donors (Lipinski definition) is 0. The predicted octanol–water partition coefficient (Wildman–Crippen LogP) is 5.19. The van der Waals surface area contributed by atoms with E-state index in [9.17, 15) is 0 Å². The fraction of sp³-hybridized carbons (Fsp3) is 0.500. The Morgan fingerprint density at radius 1 is 0.613 bits per heavy atom. The van der Waals surface area contributed by atoms with Crippen LogP contribution in [0.3, 0.4) is 0 Å². The summed E-state index contributed by atoms with van der Waals surface area (Å²) >= 11 is 3.94. The lowest BCUT2D eigenvalue weighted by Crippen LogP contribution is -2.02. The molecule has 31 heavy (non-hydrogen) atoms. The maximum atomic E-state index is 5.76. The molecule has 0 spiro atoms. The van der Waals surface area contributed by atoms with Crippen LogP contribution in [-0.4, -0.2) is 49.8 Å². The summed E-state index contributed by atoms with van der Waals surface area (Å²) in [5, 5.41) is 0. The summed E-state index contributed by atoms with van der Waals surface area (Å²) in [4.78, 5) is 0. The van der Waals surface area contributed by atoms with Crippen molar-refractivity contribution in [1.29, 1.82) is 0 Å². The monoisotopic (exact) mass is 462 g/mol. The summed E-state index contributed by atoms with van der Waals surface area (Å²) in [6.45, 7) is 2.36. The number of hydrogen-bond acceptors (Lipinski definition) is 7. The molecule has 0 radical (unpaired) electrons. The van der Waals surface area contributed by atoms with E-state index in [4.69, 9.17) is 23.7 Å². The molecule has 0 bridgehead atoms. The van der Waals surface area contributed by atoms with Crippen molar-refractivity contribution < 1.29 is 23.7 Å². The molecule has 7 heteroatoms. The summed E-state index contributed by atoms with van der Waals surface area (Å²) in [7, 11) is 0. The zero-order valence-corrected chi connectivity index (χ0v) is 19.4. The van der Waals surface area contributed by atoms with Crippen LogP contribution in [-0.2, 0) is 17.6 Å². The third-order valence-electron chi connectivity index (χ3n) is 5.13. The maximum Gasteiger partial charge on any atom is 0.231 e. The Morgan fingerprint density at radius 3 is 1.61 bits per heavy atom. The first-order chi connectivity index (χ1) is 15.4. The van der Waals surface area contributed by atoms with Crippen molar-refractivity contribution in [2.75, 3.05) is 49.8 Å². The van der Waals surface area contributed by atoms with E-state index in [2.05, 4.69) is 24.3 Å². The van der Waals surface area contributed by atoms with Gasteiger partial charge in [-0.2, -0.15) is 23.5 Å². The summed E-state index contributed by atoms with van der Waals surface area (Å²) in [5.74, 6) is 7.93. The lowest BCUT2D eigenvalue weighted by molar-refractivity contribution is 0.167. The molecule has 2 aromatic carbocycles. The van der Waals surface area contributed by atoms with Gasteiger partial charge in [-0.25, -0.2) is 0 Å². The summed E-state index contributed by atoms with van der Waals surface area (Å²) in [6, 6.07) is 12.5. The Kier molecular flexibility index (Phi) is 8.97. The third-order valence-corrected chi connectivity index (χ3v) is 7.19. The van der Waals surface area contributed by atoms with E-state index in [0.29, 0.717) is 13.6 Å². The molecular formula is C24H30O5S2. The van der Waals surface area contributed by atoms with E-state index in [1.807, 2.05) is 35.7 Å². The van der Waals surface area contributed by atoms with Gasteiger partial charge in [0.05, 0.1) is 13.2 Å². The molecule has 4 rings (SSSR count). The molecule has 2 heterocycles. The summed E-state index contributed by atoms with van der Waals surface area (Å²) in [5.41, 5.74) is 2.63. The van der Waals surface area contributed by atoms with Crippen molar-refractivity contribution in [3.63, 3.8) is 0 Å². The van der Waals surface area contributed by atoms with Gasteiger partial charge in [-0.1, -0.05) is 12.1 Å². The topological polar surface area (TPSA) is 46.2 Å². The number of thioether (sulfide) groups is 2. The van der Waals surface area contributed by atoms with Gasteiger partial charge in [-0.3, -0.25) is 0 Å². The van der Waals surface area contributed by atoms with Crippen LogP contribution < -0.4 is 18.9 Å². The second-order valence-electron chi connectivity index (χ2n) is 7.42. The normalized spacial score (nSPS) is 13.7. The van der Waals surface area contributed by atoms with Crippen LogP contribution in [0, 0.1) is 0 Å². The molecule has 0 unspecified atom stereocenters. The number of ether oxygens (including phenoxy) is 5. The standard InChI is InChI=1S/C24H30O5S2/c1(3-19-5-7-21-23(15-19)28-17-26-21)11-30-13-9-25-10-14-31-12-2-4-20-6-8-22-24(16-20)29-18-27-22/h5-8,15-16H,1-4,9-14,17-18H2. The molecule has 0 saturated carbocycles. The second kappa shape index (κ2) is 12.4. The van der Waals surface area contributed by atoms with Crippen LogP contribution in [0.5, 0.6) is 23.0 Å². The van der Waals surface area contributed by atoms with Gasteiger partial charge in [0.2, 0.25) is 13.6 Å². The number of fused-ring (bicyclic) bond motifs is 2. The Morgan fingerprint density at radius 2 is 1.10 bits per heavy atom. The second-order valence-corrected chi connectivity index (χ2v) is 9.87. The van der Waals surface area contributed by atoms with Crippen LogP contribution in [0.4, 0.5) is 0 Å². The highest BCUT2D eigenvalue weighted by Crippen LogP contribution is 2.33. The Balaban J connectivity index is 0.934. The Bertz CT molecular complexity index is 762. The highest BCUT2D eigenvalue weighted by atomic mass is 32.2. The van der Waals surface area contributed by atoms with Gasteiger partial charge >= 0.3 is 0 Å². The zero-order valence-electron chi connectivity index (χ0n) is 17.8. The lowest BCUT2D eigenvalue weighted by atomic mass is 10.1. The minimum absolute atomic E-state index is 0.342. The molecule has 5 nitrogen and oxygen atoms in total. The number of aryl methyl sites for hydroxylation is 2. The van der Waals surface area contributed by atoms with Crippen molar-refractivity contribution in [3.05, 3.63) is 47.5 Å². The molecule has 0 amide bonds. The molecule has 2 aliphatic rings. The van der Waals surface area contributed by atoms with E-state index in [1.54, 1.807) is 0 Å². The Hall–Kier alpha value is -1.70. The van der Waals surface area contributed by atoms with Crippen molar-refractivity contribution in [3.8, 4) is 23.0 Å². The molecule has 0 aliphatic carbocycles. The molecular weight excluding hydrogens is 432 g/mol. The smallest absolute Gasteiger partial charge is 0.231 e. The van der Waals surface area contributed by atoms with E-state index in [-0.39, 0.29) is 0 Å². The minimum atomic E-state index is 0.342. The molecule has 0 atom stereocenters. The summed E-state index contributed by atoms with van der Waals surface area (Å²) in [6.07, 6.45) is 4.49. The average molecular weight is 463 g/mol. The molecule has 0 saturated heterocycles. The van der Waals surface area contributed by atoms with Gasteiger partial charge in [0, 0.05) is 11.5 Å². The van der Waals surface area contributed by atoms with E-state index in [0.717, 1.165) is 72.1 Å². The van der Waals surface area contributed by atoms with E-state index < -0.39 is 0 Å². The fourth-order valence-corrected chi connectivity index (χ4v) is 5.07. The minimum Gasteiger partial charge on any atom is -0.454 e. The molecule has 2 aromatic rings. The molecule has 0 aromatic heterocycles. The first-order valence-corrected chi connectivity index (χ1v) is 13.2. The number of rotatable bonds is 14. The van der Waals surface area contributed by atoms with Gasteiger partial charge in [0.15, 0.2) is 23.0 Å². The largest absolute Gasteiger partial charge is 0.454 e. The third kappa shape index (κ3) is 7.16. The highest BCUT2D eigenvalue weighted by molar-refractivity contribution is 7.99. The van der Waals surface area contributed by atoms with Gasteiger partial charge < -0.3 is 23.7 Å². The van der Waals surface area contributed by atoms with Gasteiger partial charge in [0.25, 0.3) is 0 Å². The maximum absolute atomic E-state index is 5.76. The van der Waals surface area contributed by atoms with Gasteiger partial charge in [-0.05, 0) is 72.6 Å². The average Bonchev–Trinajstić information content (AvgIpc) is 3.45. The molecule has 168 valence electrons. The predicted molar refractivity (Wildman–Crippen MR) is 127 cm³/mol. The summed E-state index contributed by atoms with van der Waals surface area (Å²) < 4.78 is 27.3. The van der Waals surface area contributed by atoms with Crippen LogP contribution in [0.15, 0.2) is 36.4 Å². The van der Waals surface area contributed by atoms with Crippen molar-refractivity contribution in [1.82, 2.24) is 0 Å². The van der Waals surface area contributed by atoms with Crippen LogP contribution in [0.2, 0.25) is 0 Å². The van der Waals surface area contributed by atoms with Crippen molar-refractivity contribution in [2.24, 2.45) is 0 Å². The highest BCUT2D eigenvalue weighted by Gasteiger charge is 2.13. The first-order valence-electron chi connectivity index (χ1n) is 10.9. The fourth-order valence-electron chi connectivity index (χ4n) is 3.49. The van der Waals surface area contributed by atoms with Crippen LogP contribution in [0.25, 0.3) is 0 Å². The van der Waals surface area contributed by atoms with Crippen LogP contribution >= 0.6 is 23.5 Å². The first kappa shape index (κ1) is 22.5. The van der Waals surface area contributed by atoms with Crippen molar-refractivity contribution >= 4 is 23.5 Å². The number of benzene rings is 2. The lowest BCUT2D eigenvalue weighted by Gasteiger charge is -2.06. The van der Waals surface area contributed by atoms with Crippen molar-refractivity contribution in [2.45, 2.75) is 25.7 Å². The van der Waals surface area contributed by atoms with Crippen LogP contribution in [0.1, 0.15) is 24.0 Å². The van der Waals surface area contributed by atoms with Gasteiger partial charge in [0.1, 0.15) is 0 Å². The van der Waals surface area contributed by atoms with E-state index in [1.165, 1.54) is 24.0 Å². The Labute approximate surface area is 193 Å².